The summed E-state index contributed by atoms with van der Waals surface area (Å²) in [4.78, 5) is 30.8. The number of amides is 3. The average molecular weight is 359 g/mol. The van der Waals surface area contributed by atoms with Gasteiger partial charge in [-0.2, -0.15) is 5.10 Å². The van der Waals surface area contributed by atoms with Gasteiger partial charge in [-0.3, -0.25) is 20.1 Å². The van der Waals surface area contributed by atoms with Crippen LogP contribution in [0.5, 0.6) is 0 Å². The first kappa shape index (κ1) is 16.3. The molecular weight excluding hydrogens is 338 g/mol. The van der Waals surface area contributed by atoms with Gasteiger partial charge in [0.05, 0.1) is 10.6 Å². The maximum atomic E-state index is 12.3. The molecule has 0 unspecified atom stereocenters. The van der Waals surface area contributed by atoms with Gasteiger partial charge in [-0.05, 0) is 38.0 Å². The second-order valence-electron chi connectivity index (χ2n) is 6.55. The maximum Gasteiger partial charge on any atom is 0.325 e. The number of aromatic amines is 1. The molecule has 2 fully saturated rings. The summed E-state index contributed by atoms with van der Waals surface area (Å²) in [6.45, 7) is 4.99. The second-order valence-corrected chi connectivity index (χ2v) is 7.72. The lowest BCUT2D eigenvalue weighted by atomic mass is 9.86. The van der Waals surface area contributed by atoms with E-state index in [9.17, 15) is 9.59 Å². The Balaban J connectivity index is 1.41. The van der Waals surface area contributed by atoms with Crippen molar-refractivity contribution in [2.24, 2.45) is 0 Å². The van der Waals surface area contributed by atoms with Crippen molar-refractivity contribution in [1.29, 1.82) is 0 Å². The smallest absolute Gasteiger partial charge is 0.310 e. The lowest BCUT2D eigenvalue weighted by Crippen LogP contribution is -2.56. The maximum absolute atomic E-state index is 12.3. The van der Waals surface area contributed by atoms with Crippen LogP contribution in [-0.2, 0) is 11.3 Å². The molecule has 0 aromatic carbocycles. The lowest BCUT2D eigenvalue weighted by Gasteiger charge is -2.41. The Morgan fingerprint density at radius 1 is 1.24 bits per heavy atom. The Morgan fingerprint density at radius 3 is 2.72 bits per heavy atom. The third-order valence-corrected chi connectivity index (χ3v) is 6.31. The Labute approximate surface area is 150 Å². The summed E-state index contributed by atoms with van der Waals surface area (Å²) in [7, 11) is 0. The van der Waals surface area contributed by atoms with Crippen molar-refractivity contribution in [3.63, 3.8) is 0 Å². The van der Waals surface area contributed by atoms with Crippen molar-refractivity contribution in [3.8, 4) is 10.6 Å². The fraction of sp³-hybridized carbons (Fsp3) is 0.471. The highest BCUT2D eigenvalue weighted by Crippen LogP contribution is 2.34. The van der Waals surface area contributed by atoms with Crippen molar-refractivity contribution in [1.82, 2.24) is 25.3 Å². The van der Waals surface area contributed by atoms with E-state index < -0.39 is 5.54 Å². The van der Waals surface area contributed by atoms with Crippen LogP contribution in [0.4, 0.5) is 4.79 Å². The van der Waals surface area contributed by atoms with E-state index in [0.29, 0.717) is 19.4 Å². The van der Waals surface area contributed by atoms with Crippen LogP contribution in [0, 0.1) is 0 Å². The number of nitrogens with one attached hydrogen (secondary N) is 2. The summed E-state index contributed by atoms with van der Waals surface area (Å²) in [5.74, 6) is -0.128. The first-order valence-electron chi connectivity index (χ1n) is 8.56. The number of carbonyl (C=O) groups is 2. The Hall–Kier alpha value is -2.19. The molecule has 0 atom stereocenters. The van der Waals surface area contributed by atoms with Gasteiger partial charge in [0.25, 0.3) is 5.91 Å². The van der Waals surface area contributed by atoms with Crippen LogP contribution in [-0.4, -0.2) is 57.1 Å². The van der Waals surface area contributed by atoms with E-state index in [-0.39, 0.29) is 11.9 Å². The molecule has 0 aliphatic carbocycles. The highest BCUT2D eigenvalue weighted by molar-refractivity contribution is 7.15. The van der Waals surface area contributed by atoms with E-state index in [4.69, 9.17) is 0 Å². The highest BCUT2D eigenvalue weighted by atomic mass is 32.1. The monoisotopic (exact) mass is 359 g/mol. The second kappa shape index (κ2) is 6.27. The first-order valence-corrected chi connectivity index (χ1v) is 9.38. The molecule has 4 rings (SSSR count). The van der Waals surface area contributed by atoms with Gasteiger partial charge in [0.15, 0.2) is 0 Å². The number of hydrogen-bond acceptors (Lipinski definition) is 5. The van der Waals surface area contributed by atoms with Crippen molar-refractivity contribution >= 4 is 23.3 Å². The SMILES string of the molecule is CCN1C(=O)NC(=O)C12CCN(Cc1ccc(-c3ccn[nH]3)s1)CC2. The van der Waals surface area contributed by atoms with Gasteiger partial charge in [0.1, 0.15) is 5.54 Å². The predicted molar refractivity (Wildman–Crippen MR) is 95.1 cm³/mol. The Kier molecular flexibility index (Phi) is 4.09. The zero-order chi connectivity index (χ0) is 17.4. The van der Waals surface area contributed by atoms with Gasteiger partial charge >= 0.3 is 6.03 Å². The highest BCUT2D eigenvalue weighted by Gasteiger charge is 2.53. The standard InChI is InChI=1S/C17H21N5O2S/c1-2-22-16(24)19-15(23)17(22)6-9-21(10-7-17)11-12-3-4-14(25-12)13-5-8-18-20-13/h3-5,8H,2,6-7,9-11H2,1H3,(H,18,20)(H,19,23,24). The Morgan fingerprint density at radius 2 is 2.04 bits per heavy atom. The summed E-state index contributed by atoms with van der Waals surface area (Å²) >= 11 is 1.76. The molecule has 7 nitrogen and oxygen atoms in total. The molecule has 1 spiro atoms. The fourth-order valence-corrected chi connectivity index (χ4v) is 4.87. The minimum Gasteiger partial charge on any atom is -0.310 e. The Bertz CT molecular complexity index is 777. The van der Waals surface area contributed by atoms with E-state index in [1.165, 1.54) is 9.75 Å². The van der Waals surface area contributed by atoms with E-state index in [1.807, 2.05) is 13.0 Å². The zero-order valence-electron chi connectivity index (χ0n) is 14.1. The van der Waals surface area contributed by atoms with E-state index in [2.05, 4.69) is 32.5 Å². The van der Waals surface area contributed by atoms with Crippen molar-refractivity contribution < 1.29 is 9.59 Å². The minimum atomic E-state index is -0.640. The van der Waals surface area contributed by atoms with Gasteiger partial charge in [-0.25, -0.2) is 4.79 Å². The van der Waals surface area contributed by atoms with Crippen LogP contribution < -0.4 is 5.32 Å². The van der Waals surface area contributed by atoms with Crippen LogP contribution in [0.3, 0.4) is 0 Å². The molecule has 132 valence electrons. The number of rotatable bonds is 4. The molecule has 0 radical (unpaired) electrons. The number of aromatic nitrogens is 2. The van der Waals surface area contributed by atoms with Crippen LogP contribution in [0.2, 0.25) is 0 Å². The van der Waals surface area contributed by atoms with E-state index in [1.54, 1.807) is 22.4 Å². The summed E-state index contributed by atoms with van der Waals surface area (Å²) in [5, 5.41) is 9.47. The summed E-state index contributed by atoms with van der Waals surface area (Å²) in [5.41, 5.74) is 0.396. The van der Waals surface area contributed by atoms with E-state index in [0.717, 1.165) is 25.3 Å². The molecule has 3 amide bonds. The summed E-state index contributed by atoms with van der Waals surface area (Å²) < 4.78 is 0. The van der Waals surface area contributed by atoms with Crippen molar-refractivity contribution in [3.05, 3.63) is 29.3 Å². The number of piperidine rings is 1. The number of hydrogen-bond donors (Lipinski definition) is 2. The number of carbonyl (C=O) groups excluding carboxylic acids is 2. The van der Waals surface area contributed by atoms with Gasteiger partial charge in [0, 0.05) is 37.3 Å². The largest absolute Gasteiger partial charge is 0.325 e. The van der Waals surface area contributed by atoms with Crippen molar-refractivity contribution in [2.45, 2.75) is 31.8 Å². The normalized spacial score (nSPS) is 20.4. The van der Waals surface area contributed by atoms with E-state index >= 15 is 0 Å². The molecule has 25 heavy (non-hydrogen) atoms. The van der Waals surface area contributed by atoms with Crippen LogP contribution >= 0.6 is 11.3 Å². The van der Waals surface area contributed by atoms with Crippen molar-refractivity contribution in [2.75, 3.05) is 19.6 Å². The molecular formula is C17H21N5O2S. The van der Waals surface area contributed by atoms with Crippen LogP contribution in [0.15, 0.2) is 24.4 Å². The van der Waals surface area contributed by atoms with Gasteiger partial charge in [-0.15, -0.1) is 11.3 Å². The lowest BCUT2D eigenvalue weighted by molar-refractivity contribution is -0.129. The predicted octanol–water partition coefficient (Wildman–Crippen LogP) is 2.04. The molecule has 8 heteroatoms. The van der Waals surface area contributed by atoms with Gasteiger partial charge in [-0.1, -0.05) is 0 Å². The molecule has 2 aliphatic heterocycles. The molecule has 2 saturated heterocycles. The third-order valence-electron chi connectivity index (χ3n) is 5.21. The first-order chi connectivity index (χ1) is 12.1. The number of likely N-dealkylation sites (tertiary alicyclic amines) is 1. The summed E-state index contributed by atoms with van der Waals surface area (Å²) in [6, 6.07) is 5.98. The molecule has 0 bridgehead atoms. The number of imide groups is 1. The van der Waals surface area contributed by atoms with Crippen LogP contribution in [0.25, 0.3) is 10.6 Å². The summed E-state index contributed by atoms with van der Waals surface area (Å²) in [6.07, 6.45) is 3.14. The number of thiophene rings is 1. The molecule has 2 aromatic rings. The fourth-order valence-electron chi connectivity index (χ4n) is 3.84. The molecule has 0 saturated carbocycles. The molecule has 2 aliphatic rings. The minimum absolute atomic E-state index is 0.128. The van der Waals surface area contributed by atoms with Gasteiger partial charge in [0.2, 0.25) is 0 Å². The third kappa shape index (κ3) is 2.75. The zero-order valence-corrected chi connectivity index (χ0v) is 14.9. The van der Waals surface area contributed by atoms with Crippen LogP contribution in [0.1, 0.15) is 24.6 Å². The topological polar surface area (TPSA) is 81.3 Å². The quantitative estimate of drug-likeness (QED) is 0.819. The number of likely N-dealkylation sites (N-methyl/N-ethyl adjacent to an activating group) is 1. The van der Waals surface area contributed by atoms with Gasteiger partial charge < -0.3 is 4.90 Å². The molecule has 4 heterocycles. The number of H-pyrrole nitrogens is 1. The number of nitrogens with zero attached hydrogens (tertiary/aromatic N) is 3. The molecule has 2 N–H and O–H groups in total. The number of urea groups is 1. The average Bonchev–Trinajstić information content (AvgIpc) is 3.31. The molecule has 2 aromatic heterocycles.